The molecule has 0 unspecified atom stereocenters. The van der Waals surface area contributed by atoms with Crippen molar-refractivity contribution in [1.82, 2.24) is 9.47 Å². The van der Waals surface area contributed by atoms with E-state index in [0.717, 1.165) is 40.0 Å². The Morgan fingerprint density at radius 3 is 2.69 bits per heavy atom. The van der Waals surface area contributed by atoms with Crippen LogP contribution in [-0.2, 0) is 5.54 Å². The zero-order valence-electron chi connectivity index (χ0n) is 16.2. The maximum absolute atomic E-state index is 13.0. The first-order valence-electron chi connectivity index (χ1n) is 9.79. The van der Waals surface area contributed by atoms with Crippen molar-refractivity contribution in [2.75, 3.05) is 25.5 Å². The van der Waals surface area contributed by atoms with Gasteiger partial charge < -0.3 is 19.5 Å². The molecule has 5 nitrogen and oxygen atoms in total. The molecule has 2 aromatic carbocycles. The van der Waals surface area contributed by atoms with Crippen molar-refractivity contribution in [3.8, 4) is 11.4 Å². The van der Waals surface area contributed by atoms with Crippen LogP contribution in [0, 0.1) is 0 Å². The molecule has 6 heteroatoms. The largest absolute Gasteiger partial charge is 0.497 e. The highest BCUT2D eigenvalue weighted by Gasteiger charge is 2.42. The van der Waals surface area contributed by atoms with Crippen molar-refractivity contribution in [1.29, 1.82) is 0 Å². The van der Waals surface area contributed by atoms with Gasteiger partial charge in [-0.15, -0.1) is 0 Å². The number of anilines is 1. The SMILES string of the molecule is COc1ccc2c(c1)NC1(CCN(C(=O)c3cccc(Br)c3)CC1)c1cccn1-2. The highest BCUT2D eigenvalue weighted by molar-refractivity contribution is 9.10. The number of hydrogen-bond acceptors (Lipinski definition) is 3. The molecule has 1 spiro atoms. The number of ether oxygens (including phenoxy) is 1. The smallest absolute Gasteiger partial charge is 0.253 e. The molecular formula is C23H22BrN3O2. The van der Waals surface area contributed by atoms with Crippen LogP contribution >= 0.6 is 15.9 Å². The van der Waals surface area contributed by atoms with E-state index >= 15 is 0 Å². The molecule has 1 amide bonds. The summed E-state index contributed by atoms with van der Waals surface area (Å²) < 4.78 is 8.61. The molecule has 29 heavy (non-hydrogen) atoms. The minimum atomic E-state index is -0.184. The van der Waals surface area contributed by atoms with Gasteiger partial charge in [0.2, 0.25) is 0 Å². The summed E-state index contributed by atoms with van der Waals surface area (Å²) in [5, 5.41) is 3.79. The van der Waals surface area contributed by atoms with E-state index in [9.17, 15) is 4.79 Å². The molecule has 1 saturated heterocycles. The Bertz CT molecular complexity index is 1080. The van der Waals surface area contributed by atoms with Crippen molar-refractivity contribution < 1.29 is 9.53 Å². The summed E-state index contributed by atoms with van der Waals surface area (Å²) in [6, 6.07) is 18.0. The summed E-state index contributed by atoms with van der Waals surface area (Å²) in [5.74, 6) is 0.929. The van der Waals surface area contributed by atoms with Gasteiger partial charge in [0.15, 0.2) is 0 Å². The molecule has 3 aromatic rings. The Morgan fingerprint density at radius 1 is 1.10 bits per heavy atom. The van der Waals surface area contributed by atoms with Crippen molar-refractivity contribution >= 4 is 27.5 Å². The van der Waals surface area contributed by atoms with Crippen LogP contribution in [0.15, 0.2) is 65.3 Å². The number of methoxy groups -OCH3 is 1. The minimum absolute atomic E-state index is 0.0920. The third-order valence-corrected chi connectivity index (χ3v) is 6.55. The maximum Gasteiger partial charge on any atom is 0.253 e. The number of likely N-dealkylation sites (tertiary alicyclic amines) is 1. The third kappa shape index (κ3) is 3.02. The van der Waals surface area contributed by atoms with E-state index in [0.29, 0.717) is 13.1 Å². The Balaban J connectivity index is 1.42. The Kier molecular flexibility index (Phi) is 4.39. The molecule has 0 aliphatic carbocycles. The lowest BCUT2D eigenvalue weighted by molar-refractivity contribution is 0.0676. The summed E-state index contributed by atoms with van der Waals surface area (Å²) in [6.45, 7) is 1.42. The first-order chi connectivity index (χ1) is 14.1. The first-order valence-corrected chi connectivity index (χ1v) is 10.6. The Hall–Kier alpha value is -2.73. The molecule has 0 radical (unpaired) electrons. The molecule has 1 fully saturated rings. The number of carbonyl (C=O) groups excluding carboxylic acids is 1. The number of carbonyl (C=O) groups is 1. The number of benzene rings is 2. The third-order valence-electron chi connectivity index (χ3n) is 6.05. The molecule has 5 rings (SSSR count). The number of halogens is 1. The summed E-state index contributed by atoms with van der Waals surface area (Å²) in [5.41, 5.74) is 4.00. The molecule has 1 aromatic heterocycles. The number of fused-ring (bicyclic) bond motifs is 4. The highest BCUT2D eigenvalue weighted by atomic mass is 79.9. The van der Waals surface area contributed by atoms with Gasteiger partial charge in [0, 0.05) is 41.1 Å². The Labute approximate surface area is 178 Å². The van der Waals surface area contributed by atoms with Crippen molar-refractivity contribution in [2.24, 2.45) is 0 Å². The average Bonchev–Trinajstić information content (AvgIpc) is 3.25. The van der Waals surface area contributed by atoms with Gasteiger partial charge in [0.05, 0.1) is 24.0 Å². The molecule has 0 atom stereocenters. The zero-order valence-corrected chi connectivity index (χ0v) is 17.8. The van der Waals surface area contributed by atoms with Crippen LogP contribution < -0.4 is 10.1 Å². The van der Waals surface area contributed by atoms with Gasteiger partial charge in [-0.25, -0.2) is 0 Å². The molecule has 0 saturated carbocycles. The fourth-order valence-corrected chi connectivity index (χ4v) is 4.93. The molecule has 0 bridgehead atoms. The second kappa shape index (κ2) is 6.95. The predicted octanol–water partition coefficient (Wildman–Crippen LogP) is 4.81. The second-order valence-electron chi connectivity index (χ2n) is 7.66. The Morgan fingerprint density at radius 2 is 1.93 bits per heavy atom. The quantitative estimate of drug-likeness (QED) is 0.608. The lowest BCUT2D eigenvalue weighted by atomic mass is 9.82. The van der Waals surface area contributed by atoms with E-state index < -0.39 is 0 Å². The molecule has 2 aliphatic rings. The summed E-state index contributed by atoms with van der Waals surface area (Å²) in [7, 11) is 1.69. The number of nitrogens with zero attached hydrogens (tertiary/aromatic N) is 2. The average molecular weight is 452 g/mol. The summed E-state index contributed by atoms with van der Waals surface area (Å²) in [4.78, 5) is 14.9. The normalized spacial score (nSPS) is 16.7. The van der Waals surface area contributed by atoms with Gasteiger partial charge in [-0.1, -0.05) is 22.0 Å². The summed E-state index contributed by atoms with van der Waals surface area (Å²) >= 11 is 3.46. The van der Waals surface area contributed by atoms with E-state index in [4.69, 9.17) is 4.74 Å². The lowest BCUT2D eigenvalue weighted by Gasteiger charge is -2.46. The van der Waals surface area contributed by atoms with Crippen LogP contribution in [-0.4, -0.2) is 35.6 Å². The van der Waals surface area contributed by atoms with Crippen LogP contribution in [0.4, 0.5) is 5.69 Å². The molecule has 1 N–H and O–H groups in total. The van der Waals surface area contributed by atoms with Gasteiger partial charge in [-0.05, 0) is 55.3 Å². The van der Waals surface area contributed by atoms with Crippen LogP contribution in [0.25, 0.3) is 5.69 Å². The van der Waals surface area contributed by atoms with Crippen LogP contribution in [0.1, 0.15) is 28.9 Å². The van der Waals surface area contributed by atoms with Gasteiger partial charge >= 0.3 is 0 Å². The van der Waals surface area contributed by atoms with Gasteiger partial charge in [-0.3, -0.25) is 4.79 Å². The van der Waals surface area contributed by atoms with Crippen molar-refractivity contribution in [3.05, 3.63) is 76.5 Å². The number of piperidine rings is 1. The number of rotatable bonds is 2. The van der Waals surface area contributed by atoms with Gasteiger partial charge in [0.1, 0.15) is 5.75 Å². The topological polar surface area (TPSA) is 46.5 Å². The van der Waals surface area contributed by atoms with Crippen LogP contribution in [0.3, 0.4) is 0 Å². The highest BCUT2D eigenvalue weighted by Crippen LogP contribution is 2.44. The minimum Gasteiger partial charge on any atom is -0.497 e. The standard InChI is InChI=1S/C23H22BrN3O2/c1-29-18-7-8-20-19(15-18)25-23(21-6-3-11-27(20)21)9-12-26(13-10-23)22(28)16-4-2-5-17(24)14-16/h2-8,11,14-15,25H,9-10,12-13H2,1H3. The van der Waals surface area contributed by atoms with Crippen LogP contribution in [0.5, 0.6) is 5.75 Å². The van der Waals surface area contributed by atoms with E-state index in [2.05, 4.69) is 56.3 Å². The van der Waals surface area contributed by atoms with E-state index in [-0.39, 0.29) is 11.4 Å². The number of amides is 1. The maximum atomic E-state index is 13.0. The molecule has 148 valence electrons. The van der Waals surface area contributed by atoms with E-state index in [1.165, 1.54) is 5.69 Å². The number of aromatic nitrogens is 1. The molecule has 3 heterocycles. The zero-order chi connectivity index (χ0) is 20.0. The first kappa shape index (κ1) is 18.3. The van der Waals surface area contributed by atoms with Crippen molar-refractivity contribution in [2.45, 2.75) is 18.4 Å². The monoisotopic (exact) mass is 451 g/mol. The number of hydrogen-bond donors (Lipinski definition) is 1. The molecular weight excluding hydrogens is 430 g/mol. The number of nitrogens with one attached hydrogen (secondary N) is 1. The van der Waals surface area contributed by atoms with Gasteiger partial charge in [-0.2, -0.15) is 0 Å². The summed E-state index contributed by atoms with van der Waals surface area (Å²) in [6.07, 6.45) is 3.82. The second-order valence-corrected chi connectivity index (χ2v) is 8.57. The van der Waals surface area contributed by atoms with Gasteiger partial charge in [0.25, 0.3) is 5.91 Å². The lowest BCUT2D eigenvalue weighted by Crippen LogP contribution is -2.51. The van der Waals surface area contributed by atoms with Crippen LogP contribution in [0.2, 0.25) is 0 Å². The van der Waals surface area contributed by atoms with E-state index in [1.54, 1.807) is 7.11 Å². The molecule has 2 aliphatic heterocycles. The van der Waals surface area contributed by atoms with E-state index in [1.807, 2.05) is 35.2 Å². The fraction of sp³-hybridized carbons (Fsp3) is 0.261. The fourth-order valence-electron chi connectivity index (χ4n) is 4.53. The predicted molar refractivity (Wildman–Crippen MR) is 117 cm³/mol. The van der Waals surface area contributed by atoms with Crippen molar-refractivity contribution in [3.63, 3.8) is 0 Å².